The first kappa shape index (κ1) is 29.5. The molecule has 3 atom stereocenters. The molecule has 0 saturated heterocycles. The number of H-pyrrole nitrogens is 1. The fourth-order valence-electron chi connectivity index (χ4n) is 6.14. The van der Waals surface area contributed by atoms with E-state index in [1.807, 2.05) is 61.7 Å². The molecular formula is C32H35N7O4S. The number of thiophene rings is 1. The average molecular weight is 614 g/mol. The van der Waals surface area contributed by atoms with Crippen LogP contribution in [0.2, 0.25) is 0 Å². The van der Waals surface area contributed by atoms with Gasteiger partial charge in [0.15, 0.2) is 0 Å². The van der Waals surface area contributed by atoms with E-state index in [9.17, 15) is 19.2 Å². The summed E-state index contributed by atoms with van der Waals surface area (Å²) in [5.74, 6) is -1.16. The smallest absolute Gasteiger partial charge is 0.250 e. The van der Waals surface area contributed by atoms with Crippen molar-refractivity contribution < 1.29 is 19.2 Å². The quantitative estimate of drug-likeness (QED) is 0.216. The monoisotopic (exact) mass is 613 g/mol. The lowest BCUT2D eigenvalue weighted by atomic mass is 10.00. The molecule has 0 unspecified atom stereocenters. The Morgan fingerprint density at radius 2 is 1.93 bits per heavy atom. The Morgan fingerprint density at radius 3 is 2.73 bits per heavy atom. The van der Waals surface area contributed by atoms with Crippen LogP contribution in [-0.4, -0.2) is 57.2 Å². The lowest BCUT2D eigenvalue weighted by Crippen LogP contribution is -2.57. The molecule has 6 rings (SSSR count). The molecule has 2 aliphatic heterocycles. The molecule has 2 aromatic heterocycles. The van der Waals surface area contributed by atoms with Crippen LogP contribution in [0.25, 0.3) is 10.1 Å². The summed E-state index contributed by atoms with van der Waals surface area (Å²) in [7, 11) is 0. The number of hydrogen-bond donors (Lipinski definition) is 4. The molecule has 228 valence electrons. The van der Waals surface area contributed by atoms with Gasteiger partial charge in [-0.3, -0.25) is 24.1 Å². The predicted octanol–water partition coefficient (Wildman–Crippen LogP) is 2.80. The molecule has 12 heteroatoms. The lowest BCUT2D eigenvalue weighted by Gasteiger charge is -2.29. The van der Waals surface area contributed by atoms with E-state index in [0.717, 1.165) is 32.5 Å². The van der Waals surface area contributed by atoms with Crippen molar-refractivity contribution in [3.8, 4) is 0 Å². The number of nitrogens with one attached hydrogen (secondary N) is 4. The van der Waals surface area contributed by atoms with Crippen molar-refractivity contribution in [1.82, 2.24) is 31.4 Å². The highest BCUT2D eigenvalue weighted by atomic mass is 32.1. The maximum absolute atomic E-state index is 14.1. The van der Waals surface area contributed by atoms with Gasteiger partial charge in [0.2, 0.25) is 23.6 Å². The fraction of sp³-hybridized carbons (Fsp3) is 0.375. The predicted molar refractivity (Wildman–Crippen MR) is 167 cm³/mol. The van der Waals surface area contributed by atoms with Crippen LogP contribution in [0.15, 0.2) is 54.0 Å². The van der Waals surface area contributed by atoms with Gasteiger partial charge in [0.25, 0.3) is 0 Å². The molecule has 4 heterocycles. The minimum absolute atomic E-state index is 0.126. The Labute approximate surface area is 258 Å². The maximum atomic E-state index is 14.1. The van der Waals surface area contributed by atoms with Crippen LogP contribution in [0.5, 0.6) is 0 Å². The maximum Gasteiger partial charge on any atom is 0.250 e. The molecule has 0 saturated carbocycles. The van der Waals surface area contributed by atoms with E-state index >= 15 is 0 Å². The van der Waals surface area contributed by atoms with E-state index in [1.165, 1.54) is 6.20 Å². The molecule has 2 aromatic carbocycles. The van der Waals surface area contributed by atoms with Gasteiger partial charge in [-0.15, -0.1) is 11.3 Å². The van der Waals surface area contributed by atoms with Crippen LogP contribution in [0.4, 0.5) is 5.69 Å². The first-order valence-electron chi connectivity index (χ1n) is 14.9. The number of amides is 4. The largest absolute Gasteiger partial charge is 0.348 e. The number of anilines is 1. The molecule has 44 heavy (non-hydrogen) atoms. The minimum Gasteiger partial charge on any atom is -0.348 e. The first-order chi connectivity index (χ1) is 21.3. The Morgan fingerprint density at radius 1 is 1.11 bits per heavy atom. The molecule has 2 aliphatic rings. The Bertz CT molecular complexity index is 1700. The number of fused-ring (bicyclic) bond motifs is 1. The van der Waals surface area contributed by atoms with Gasteiger partial charge in [0.1, 0.15) is 23.8 Å². The summed E-state index contributed by atoms with van der Waals surface area (Å²) in [5, 5.41) is 22.0. The number of carbonyl (C=O) groups excluding carboxylic acids is 4. The van der Waals surface area contributed by atoms with E-state index in [-0.39, 0.29) is 36.6 Å². The van der Waals surface area contributed by atoms with Crippen LogP contribution in [0, 0.1) is 5.92 Å². The zero-order valence-corrected chi connectivity index (χ0v) is 25.4. The van der Waals surface area contributed by atoms with E-state index in [1.54, 1.807) is 16.2 Å². The molecule has 0 radical (unpaired) electrons. The highest BCUT2D eigenvalue weighted by Gasteiger charge is 2.44. The third-order valence-electron chi connectivity index (χ3n) is 8.21. The van der Waals surface area contributed by atoms with Gasteiger partial charge in [-0.25, -0.2) is 0 Å². The van der Waals surface area contributed by atoms with Crippen LogP contribution in [0.1, 0.15) is 49.1 Å². The van der Waals surface area contributed by atoms with Crippen molar-refractivity contribution in [2.24, 2.45) is 5.92 Å². The average Bonchev–Trinajstić information content (AvgIpc) is 3.74. The van der Waals surface area contributed by atoms with Crippen LogP contribution >= 0.6 is 11.3 Å². The molecule has 0 spiro atoms. The zero-order valence-electron chi connectivity index (χ0n) is 24.6. The van der Waals surface area contributed by atoms with Gasteiger partial charge in [0, 0.05) is 11.1 Å². The Hall–Kier alpha value is -4.58. The molecule has 4 amide bonds. The van der Waals surface area contributed by atoms with Crippen molar-refractivity contribution >= 4 is 50.7 Å². The third kappa shape index (κ3) is 6.07. The molecular weight excluding hydrogens is 578 g/mol. The van der Waals surface area contributed by atoms with Crippen molar-refractivity contribution in [1.29, 1.82) is 0 Å². The first-order valence-corrected chi connectivity index (χ1v) is 15.8. The summed E-state index contributed by atoms with van der Waals surface area (Å²) in [4.78, 5) is 55.9. The summed E-state index contributed by atoms with van der Waals surface area (Å²) >= 11 is 1.59. The van der Waals surface area contributed by atoms with Gasteiger partial charge in [0.05, 0.1) is 24.8 Å². The minimum atomic E-state index is -0.848. The number of aryl methyl sites for hydroxylation is 1. The standard InChI is InChI=1S/C32H35N7O4S/c1-18(2)12-25(35-28(40)14-21-17-44-27-9-4-3-8-23(21)27)30(41)36-24-11-10-19-6-5-7-20-13-26(39(29(19)20)32(24)43)31(42)33-15-22-16-34-38-37-22/h3-9,16-18,24-26H,10-15H2,1-2H3,(H,33,42)(H,35,40)(H,36,41)(H,34,37,38)/t24-,25-,26-/m0/s1. The van der Waals surface area contributed by atoms with Crippen molar-refractivity contribution in [2.45, 2.75) is 70.6 Å². The lowest BCUT2D eigenvalue weighted by molar-refractivity contribution is -0.132. The number of rotatable bonds is 10. The summed E-state index contributed by atoms with van der Waals surface area (Å²) in [6, 6.07) is 11.4. The Kier molecular flexibility index (Phi) is 8.42. The summed E-state index contributed by atoms with van der Waals surface area (Å²) < 4.78 is 1.11. The SMILES string of the molecule is CC(C)C[C@H](NC(=O)Cc1csc2ccccc12)C(=O)N[C@H]1CCc2cccc3c2N(C1=O)[C@H](C(=O)NCc1cn[nH]n1)C3. The van der Waals surface area contributed by atoms with Gasteiger partial charge >= 0.3 is 0 Å². The van der Waals surface area contributed by atoms with Crippen LogP contribution in [0.3, 0.4) is 0 Å². The van der Waals surface area contributed by atoms with Gasteiger partial charge < -0.3 is 16.0 Å². The number of carbonyl (C=O) groups is 4. The second-order valence-electron chi connectivity index (χ2n) is 11.8. The number of hydrogen-bond acceptors (Lipinski definition) is 7. The van der Waals surface area contributed by atoms with Crippen molar-refractivity contribution in [2.75, 3.05) is 4.90 Å². The number of aromatic nitrogens is 3. The zero-order chi connectivity index (χ0) is 30.8. The molecule has 0 fully saturated rings. The van der Waals surface area contributed by atoms with Crippen molar-refractivity contribution in [3.63, 3.8) is 0 Å². The molecule has 4 N–H and O–H groups in total. The van der Waals surface area contributed by atoms with Crippen LogP contribution in [-0.2, 0) is 45.0 Å². The van der Waals surface area contributed by atoms with Gasteiger partial charge in [-0.05, 0) is 58.7 Å². The van der Waals surface area contributed by atoms with Gasteiger partial charge in [-0.2, -0.15) is 15.4 Å². The second-order valence-corrected chi connectivity index (χ2v) is 12.7. The highest BCUT2D eigenvalue weighted by Crippen LogP contribution is 2.39. The summed E-state index contributed by atoms with van der Waals surface area (Å²) in [5.41, 5.74) is 4.14. The van der Waals surface area contributed by atoms with Crippen molar-refractivity contribution in [3.05, 3.63) is 76.4 Å². The molecule has 11 nitrogen and oxygen atoms in total. The number of nitrogens with zero attached hydrogens (tertiary/aromatic N) is 3. The Balaban J connectivity index is 1.17. The van der Waals surface area contributed by atoms with E-state index < -0.39 is 24.0 Å². The van der Waals surface area contributed by atoms with Crippen LogP contribution < -0.4 is 20.9 Å². The van der Waals surface area contributed by atoms with E-state index in [0.29, 0.717) is 31.4 Å². The normalized spacial score (nSPS) is 18.2. The third-order valence-corrected chi connectivity index (χ3v) is 9.22. The molecule has 4 aromatic rings. The molecule has 0 aliphatic carbocycles. The van der Waals surface area contributed by atoms with Gasteiger partial charge in [-0.1, -0.05) is 50.2 Å². The molecule has 0 bridgehead atoms. The topological polar surface area (TPSA) is 149 Å². The second kappa shape index (κ2) is 12.6. The number of aromatic amines is 1. The van der Waals surface area contributed by atoms with E-state index in [2.05, 4.69) is 31.4 Å². The fourth-order valence-corrected chi connectivity index (χ4v) is 7.11. The number of benzene rings is 2. The summed E-state index contributed by atoms with van der Waals surface area (Å²) in [6.45, 7) is 4.15. The highest BCUT2D eigenvalue weighted by molar-refractivity contribution is 7.17. The van der Waals surface area contributed by atoms with E-state index in [4.69, 9.17) is 0 Å². The summed E-state index contributed by atoms with van der Waals surface area (Å²) in [6.07, 6.45) is 3.43. The number of para-hydroxylation sites is 1.